The molecule has 2 atom stereocenters. The van der Waals surface area contributed by atoms with Gasteiger partial charge in [0.1, 0.15) is 22.1 Å². The van der Waals surface area contributed by atoms with Gasteiger partial charge in [-0.3, -0.25) is 4.79 Å². The zero-order valence-electron chi connectivity index (χ0n) is 19.5. The fourth-order valence-electron chi connectivity index (χ4n) is 4.81. The number of halogens is 3. The molecule has 3 aromatic rings. The number of rotatable bonds is 5. The Bertz CT molecular complexity index is 1260. The van der Waals surface area contributed by atoms with Crippen molar-refractivity contribution in [1.82, 2.24) is 9.97 Å². The van der Waals surface area contributed by atoms with Crippen molar-refractivity contribution < 1.29 is 28.2 Å². The van der Waals surface area contributed by atoms with Gasteiger partial charge in [-0.25, -0.2) is 9.97 Å². The summed E-state index contributed by atoms with van der Waals surface area (Å²) in [5.74, 6) is -1.31. The summed E-state index contributed by atoms with van der Waals surface area (Å²) < 4.78 is 39.0. The van der Waals surface area contributed by atoms with E-state index < -0.39 is 34.8 Å². The van der Waals surface area contributed by atoms with E-state index in [4.69, 9.17) is 0 Å². The molecule has 6 nitrogen and oxygen atoms in total. The molecule has 35 heavy (non-hydrogen) atoms. The van der Waals surface area contributed by atoms with Crippen LogP contribution in [0.1, 0.15) is 49.4 Å². The number of benzene rings is 1. The first-order chi connectivity index (χ1) is 16.3. The average Bonchev–Trinajstić information content (AvgIpc) is 3.23. The number of anilines is 2. The number of aliphatic carboxylic acids is 1. The molecule has 186 valence electrons. The molecule has 1 aromatic carbocycles. The highest BCUT2D eigenvalue weighted by Crippen LogP contribution is 2.51. The number of aliphatic hydroxyl groups is 1. The Morgan fingerprint density at radius 3 is 2.63 bits per heavy atom. The van der Waals surface area contributed by atoms with Crippen molar-refractivity contribution in [3.05, 3.63) is 58.9 Å². The van der Waals surface area contributed by atoms with Gasteiger partial charge in [-0.2, -0.15) is 13.2 Å². The Kier molecular flexibility index (Phi) is 6.39. The molecule has 1 saturated carbocycles. The molecule has 0 aliphatic heterocycles. The van der Waals surface area contributed by atoms with Crippen LogP contribution in [0.15, 0.2) is 42.6 Å². The molecule has 1 fully saturated rings. The highest BCUT2D eigenvalue weighted by Gasteiger charge is 2.49. The van der Waals surface area contributed by atoms with Crippen LogP contribution in [0.4, 0.5) is 24.7 Å². The Morgan fingerprint density at radius 2 is 1.97 bits per heavy atom. The van der Waals surface area contributed by atoms with Gasteiger partial charge >= 0.3 is 12.1 Å². The summed E-state index contributed by atoms with van der Waals surface area (Å²) in [5, 5.41) is 24.4. The van der Waals surface area contributed by atoms with Crippen molar-refractivity contribution in [3.63, 3.8) is 0 Å². The third kappa shape index (κ3) is 5.33. The van der Waals surface area contributed by atoms with Crippen molar-refractivity contribution in [2.75, 3.05) is 5.32 Å². The maximum absolute atomic E-state index is 13.0. The molecule has 1 aliphatic rings. The van der Waals surface area contributed by atoms with E-state index in [2.05, 4.69) is 15.3 Å². The predicted octanol–water partition coefficient (Wildman–Crippen LogP) is 6.37. The monoisotopic (exact) mass is 505 g/mol. The van der Waals surface area contributed by atoms with E-state index >= 15 is 0 Å². The fourth-order valence-corrected chi connectivity index (χ4v) is 5.83. The number of hydrogen-bond acceptors (Lipinski definition) is 6. The first-order valence-corrected chi connectivity index (χ1v) is 11.9. The van der Waals surface area contributed by atoms with Gasteiger partial charge in [0.2, 0.25) is 0 Å². The Hall–Kier alpha value is -2.98. The first kappa shape index (κ1) is 25.1. The molecule has 2 aromatic heterocycles. The molecule has 10 heteroatoms. The molecule has 4 rings (SSSR count). The fraction of sp³-hybridized carbons (Fsp3) is 0.400. The zero-order chi connectivity index (χ0) is 25.6. The molecule has 3 N–H and O–H groups in total. The van der Waals surface area contributed by atoms with E-state index in [1.54, 1.807) is 18.3 Å². The molecule has 0 saturated heterocycles. The van der Waals surface area contributed by atoms with Gasteiger partial charge in [0.05, 0.1) is 10.8 Å². The SMILES string of the molecule is Cc1cc(Nc2cccc(C(F)(F)F)n2)cc(-c2cnc(C3(O)CCC(C(=O)O)C(C)(C)C3)s2)c1. The number of alkyl halides is 3. The number of hydrogen-bond donors (Lipinski definition) is 3. The number of aryl methyl sites for hydroxylation is 1. The molecule has 0 amide bonds. The second-order valence-electron chi connectivity index (χ2n) is 9.77. The van der Waals surface area contributed by atoms with Crippen molar-refractivity contribution in [2.45, 2.75) is 51.8 Å². The zero-order valence-corrected chi connectivity index (χ0v) is 20.3. The number of aromatic nitrogens is 2. The number of thiazole rings is 1. The van der Waals surface area contributed by atoms with E-state index in [9.17, 15) is 28.2 Å². The number of nitrogens with one attached hydrogen (secondary N) is 1. The van der Waals surface area contributed by atoms with Gasteiger partial charge in [0, 0.05) is 11.9 Å². The highest BCUT2D eigenvalue weighted by molar-refractivity contribution is 7.15. The van der Waals surface area contributed by atoms with Crippen LogP contribution < -0.4 is 5.32 Å². The smallest absolute Gasteiger partial charge is 0.433 e. The molecular formula is C25H26F3N3O3S. The molecule has 0 spiro atoms. The predicted molar refractivity (Wildman–Crippen MR) is 127 cm³/mol. The Labute approximate surface area is 204 Å². The summed E-state index contributed by atoms with van der Waals surface area (Å²) in [6, 6.07) is 9.20. The summed E-state index contributed by atoms with van der Waals surface area (Å²) in [6.45, 7) is 5.58. The van der Waals surface area contributed by atoms with Gasteiger partial charge in [-0.05, 0) is 67.0 Å². The standard InChI is InChI=1S/C25H26F3N3O3S/c1-14-9-15(11-16(10-14)30-20-6-4-5-19(31-20)25(26,27)28)18-12-29-22(35-18)24(34)8-7-17(21(32)33)23(2,3)13-24/h4-6,9-12,17,34H,7-8,13H2,1-3H3,(H,30,31)(H,32,33). The lowest BCUT2D eigenvalue weighted by atomic mass is 9.63. The number of carboxylic acid groups (broad SMARTS) is 1. The summed E-state index contributed by atoms with van der Waals surface area (Å²) in [6.07, 6.45) is -1.92. The lowest BCUT2D eigenvalue weighted by Gasteiger charge is -2.44. The molecular weight excluding hydrogens is 479 g/mol. The second kappa shape index (κ2) is 8.91. The summed E-state index contributed by atoms with van der Waals surface area (Å²) in [5.41, 5.74) is -0.534. The van der Waals surface area contributed by atoms with Gasteiger partial charge in [-0.1, -0.05) is 26.0 Å². The molecule has 2 heterocycles. The minimum atomic E-state index is -4.53. The van der Waals surface area contributed by atoms with Gasteiger partial charge in [-0.15, -0.1) is 11.3 Å². The quantitative estimate of drug-likeness (QED) is 0.373. The Balaban J connectivity index is 1.59. The summed E-state index contributed by atoms with van der Waals surface area (Å²) in [4.78, 5) is 20.5. The maximum atomic E-state index is 13.0. The second-order valence-corrected chi connectivity index (χ2v) is 10.8. The summed E-state index contributed by atoms with van der Waals surface area (Å²) >= 11 is 1.33. The van der Waals surface area contributed by atoms with E-state index in [1.807, 2.05) is 26.8 Å². The van der Waals surface area contributed by atoms with E-state index in [1.165, 1.54) is 23.5 Å². The normalized spacial score (nSPS) is 22.1. The first-order valence-electron chi connectivity index (χ1n) is 11.1. The molecule has 0 radical (unpaired) electrons. The van der Waals surface area contributed by atoms with Crippen molar-refractivity contribution in [3.8, 4) is 10.4 Å². The minimum absolute atomic E-state index is 0.0769. The largest absolute Gasteiger partial charge is 0.481 e. The highest BCUT2D eigenvalue weighted by atomic mass is 32.1. The number of pyridine rings is 1. The minimum Gasteiger partial charge on any atom is -0.481 e. The van der Waals surface area contributed by atoms with Crippen molar-refractivity contribution in [1.29, 1.82) is 0 Å². The number of nitrogens with zero attached hydrogens (tertiary/aromatic N) is 2. The van der Waals surface area contributed by atoms with Crippen LogP contribution in [-0.4, -0.2) is 26.2 Å². The summed E-state index contributed by atoms with van der Waals surface area (Å²) in [7, 11) is 0. The van der Waals surface area contributed by atoms with E-state index in [0.29, 0.717) is 23.5 Å². The van der Waals surface area contributed by atoms with Gasteiger partial charge in [0.25, 0.3) is 0 Å². The average molecular weight is 506 g/mol. The third-order valence-electron chi connectivity index (χ3n) is 6.41. The van der Waals surface area contributed by atoms with Crippen LogP contribution >= 0.6 is 11.3 Å². The third-order valence-corrected chi connectivity index (χ3v) is 7.65. The van der Waals surface area contributed by atoms with Crippen LogP contribution in [-0.2, 0) is 16.6 Å². The lowest BCUT2D eigenvalue weighted by molar-refractivity contribution is -0.154. The number of carbonyl (C=O) groups is 1. The lowest BCUT2D eigenvalue weighted by Crippen LogP contribution is -2.44. The maximum Gasteiger partial charge on any atom is 0.433 e. The van der Waals surface area contributed by atoms with Gasteiger partial charge in [0.15, 0.2) is 0 Å². The van der Waals surface area contributed by atoms with Crippen LogP contribution in [0.25, 0.3) is 10.4 Å². The van der Waals surface area contributed by atoms with Crippen LogP contribution in [0.2, 0.25) is 0 Å². The molecule has 2 unspecified atom stereocenters. The molecule has 1 aliphatic carbocycles. The van der Waals surface area contributed by atoms with E-state index in [-0.39, 0.29) is 12.2 Å². The topological polar surface area (TPSA) is 95.3 Å². The van der Waals surface area contributed by atoms with Gasteiger partial charge < -0.3 is 15.5 Å². The van der Waals surface area contributed by atoms with Crippen LogP contribution in [0, 0.1) is 18.3 Å². The number of carboxylic acids is 1. The Morgan fingerprint density at radius 1 is 1.23 bits per heavy atom. The van der Waals surface area contributed by atoms with E-state index in [0.717, 1.165) is 22.1 Å². The van der Waals surface area contributed by atoms with Crippen molar-refractivity contribution in [2.24, 2.45) is 11.3 Å². The molecule has 0 bridgehead atoms. The van der Waals surface area contributed by atoms with Crippen molar-refractivity contribution >= 4 is 28.8 Å². The van der Waals surface area contributed by atoms with Crippen LogP contribution in [0.5, 0.6) is 0 Å². The van der Waals surface area contributed by atoms with Crippen LogP contribution in [0.3, 0.4) is 0 Å².